The Morgan fingerprint density at radius 1 is 1.21 bits per heavy atom. The van der Waals surface area contributed by atoms with Gasteiger partial charge in [0.2, 0.25) is 10.0 Å². The number of nitrogens with one attached hydrogen (secondary N) is 1. The van der Waals surface area contributed by atoms with Gasteiger partial charge in [0.1, 0.15) is 4.90 Å². The van der Waals surface area contributed by atoms with Crippen molar-refractivity contribution < 1.29 is 18.1 Å². The number of morpholine rings is 1. The molecule has 0 aromatic heterocycles. The number of nitrogens with zero attached hydrogens (tertiary/aromatic N) is 3. The quantitative estimate of drug-likeness (QED) is 0.403. The van der Waals surface area contributed by atoms with Gasteiger partial charge in [0, 0.05) is 30.8 Å². The summed E-state index contributed by atoms with van der Waals surface area (Å²) in [5.41, 5.74) is 2.90. The maximum Gasteiger partial charge on any atom is 0.270 e. The first-order valence-electron chi connectivity index (χ1n) is 8.40. The van der Waals surface area contributed by atoms with Crippen molar-refractivity contribution in [1.29, 1.82) is 0 Å². The molecule has 0 radical (unpaired) electrons. The Balaban J connectivity index is 1.95. The van der Waals surface area contributed by atoms with Gasteiger partial charge in [-0.05, 0) is 12.1 Å². The van der Waals surface area contributed by atoms with Crippen LogP contribution >= 0.6 is 23.2 Å². The molecule has 1 aliphatic heterocycles. The topological polar surface area (TPSA) is 114 Å². The summed E-state index contributed by atoms with van der Waals surface area (Å²) >= 11 is 12.1. The highest BCUT2D eigenvalue weighted by Gasteiger charge is 2.30. The minimum absolute atomic E-state index is 0.0940. The molecule has 0 unspecified atom stereocenters. The van der Waals surface area contributed by atoms with Crippen molar-refractivity contribution >= 4 is 50.8 Å². The van der Waals surface area contributed by atoms with E-state index in [1.165, 1.54) is 22.7 Å². The van der Waals surface area contributed by atoms with Crippen molar-refractivity contribution in [3.8, 4) is 0 Å². The maximum absolute atomic E-state index is 13.0. The molecule has 0 bridgehead atoms. The van der Waals surface area contributed by atoms with Crippen molar-refractivity contribution in [2.24, 2.45) is 5.10 Å². The Morgan fingerprint density at radius 3 is 2.62 bits per heavy atom. The predicted molar refractivity (Wildman–Crippen MR) is 110 cm³/mol. The van der Waals surface area contributed by atoms with Gasteiger partial charge in [-0.15, -0.1) is 0 Å². The SMILES string of the molecule is O=[N+]([O-])c1ccc(N/N=C/c2cccc(Cl)c2Cl)c(S(=O)(=O)N2CCOCC2)c1. The number of anilines is 1. The molecule has 3 rings (SSSR count). The lowest BCUT2D eigenvalue weighted by Crippen LogP contribution is -2.40. The molecular formula is C17H16Cl2N4O5S. The Morgan fingerprint density at radius 2 is 1.93 bits per heavy atom. The lowest BCUT2D eigenvalue weighted by Gasteiger charge is -2.26. The summed E-state index contributed by atoms with van der Waals surface area (Å²) < 4.78 is 32.5. The Hall–Kier alpha value is -2.24. The minimum atomic E-state index is -3.99. The minimum Gasteiger partial charge on any atom is -0.379 e. The molecule has 1 aliphatic rings. The molecular weight excluding hydrogens is 443 g/mol. The van der Waals surface area contributed by atoms with E-state index in [4.69, 9.17) is 27.9 Å². The molecule has 0 spiro atoms. The van der Waals surface area contributed by atoms with Crippen molar-refractivity contribution in [3.05, 3.63) is 62.1 Å². The third-order valence-corrected chi connectivity index (χ3v) is 6.91. The van der Waals surface area contributed by atoms with Crippen LogP contribution in [0.2, 0.25) is 10.0 Å². The Kier molecular flexibility index (Phi) is 6.70. The second-order valence-electron chi connectivity index (χ2n) is 5.97. The van der Waals surface area contributed by atoms with Gasteiger partial charge in [0.05, 0.1) is 40.1 Å². The van der Waals surface area contributed by atoms with Gasteiger partial charge in [0.15, 0.2) is 0 Å². The van der Waals surface area contributed by atoms with Crippen LogP contribution in [0.5, 0.6) is 0 Å². The first kappa shape index (κ1) is 21.5. The molecule has 1 fully saturated rings. The van der Waals surface area contributed by atoms with Crippen molar-refractivity contribution in [3.63, 3.8) is 0 Å². The van der Waals surface area contributed by atoms with Gasteiger partial charge < -0.3 is 4.74 Å². The van der Waals surface area contributed by atoms with Gasteiger partial charge in [-0.25, -0.2) is 8.42 Å². The summed E-state index contributed by atoms with van der Waals surface area (Å²) in [6, 6.07) is 8.49. The van der Waals surface area contributed by atoms with Gasteiger partial charge >= 0.3 is 0 Å². The van der Waals surface area contributed by atoms with Gasteiger partial charge in [-0.1, -0.05) is 35.3 Å². The number of ether oxygens (including phenoxy) is 1. The summed E-state index contributed by atoms with van der Waals surface area (Å²) in [7, 11) is -3.99. The van der Waals surface area contributed by atoms with E-state index in [9.17, 15) is 18.5 Å². The number of hydrogen-bond acceptors (Lipinski definition) is 7. The fraction of sp³-hybridized carbons (Fsp3) is 0.235. The van der Waals surface area contributed by atoms with Crippen LogP contribution in [0.1, 0.15) is 5.56 Å². The zero-order valence-electron chi connectivity index (χ0n) is 14.9. The fourth-order valence-corrected chi connectivity index (χ4v) is 4.57. The van der Waals surface area contributed by atoms with Crippen LogP contribution in [0.3, 0.4) is 0 Å². The number of rotatable bonds is 6. The summed E-state index contributed by atoms with van der Waals surface area (Å²) in [6.07, 6.45) is 1.38. The van der Waals surface area contributed by atoms with Crippen LogP contribution in [0.25, 0.3) is 0 Å². The van der Waals surface area contributed by atoms with Crippen LogP contribution in [0, 0.1) is 10.1 Å². The molecule has 0 saturated carbocycles. The van der Waals surface area contributed by atoms with Crippen LogP contribution in [0.15, 0.2) is 46.4 Å². The summed E-state index contributed by atoms with van der Waals surface area (Å²) in [5.74, 6) is 0. The molecule has 1 saturated heterocycles. The number of halogens is 2. The molecule has 2 aromatic rings. The molecule has 2 aromatic carbocycles. The Bertz CT molecular complexity index is 1060. The van der Waals surface area contributed by atoms with E-state index < -0.39 is 14.9 Å². The van der Waals surface area contributed by atoms with Gasteiger partial charge in [-0.2, -0.15) is 9.41 Å². The highest BCUT2D eigenvalue weighted by Crippen LogP contribution is 2.30. The van der Waals surface area contributed by atoms with Gasteiger partial charge in [0.25, 0.3) is 5.69 Å². The molecule has 29 heavy (non-hydrogen) atoms. The van der Waals surface area contributed by atoms with Crippen molar-refractivity contribution in [1.82, 2.24) is 4.31 Å². The zero-order valence-corrected chi connectivity index (χ0v) is 17.2. The highest BCUT2D eigenvalue weighted by molar-refractivity contribution is 7.89. The monoisotopic (exact) mass is 458 g/mol. The van der Waals surface area contributed by atoms with Crippen molar-refractivity contribution in [2.45, 2.75) is 4.90 Å². The molecule has 154 valence electrons. The van der Waals surface area contributed by atoms with Crippen LogP contribution in [-0.4, -0.2) is 50.2 Å². The standard InChI is InChI=1S/C17H16Cl2N4O5S/c18-14-3-1-2-12(17(14)19)11-20-21-15-5-4-13(23(24)25)10-16(15)29(26,27)22-6-8-28-9-7-22/h1-5,10-11,21H,6-9H2/b20-11+. The van der Waals surface area contributed by atoms with E-state index >= 15 is 0 Å². The maximum atomic E-state index is 13.0. The second kappa shape index (κ2) is 9.06. The largest absolute Gasteiger partial charge is 0.379 e. The smallest absolute Gasteiger partial charge is 0.270 e. The lowest BCUT2D eigenvalue weighted by molar-refractivity contribution is -0.385. The summed E-state index contributed by atoms with van der Waals surface area (Å²) in [6.45, 7) is 0.822. The van der Waals surface area contributed by atoms with E-state index in [0.717, 1.165) is 6.07 Å². The van der Waals surface area contributed by atoms with Crippen LogP contribution in [-0.2, 0) is 14.8 Å². The number of non-ortho nitro benzene ring substituents is 1. The third kappa shape index (κ3) is 4.85. The zero-order chi connectivity index (χ0) is 21.0. The number of hydrogen-bond donors (Lipinski definition) is 1. The molecule has 0 amide bonds. The predicted octanol–water partition coefficient (Wildman–Crippen LogP) is 3.37. The van der Waals surface area contributed by atoms with E-state index in [1.807, 2.05) is 0 Å². The molecule has 1 N–H and O–H groups in total. The summed E-state index contributed by atoms with van der Waals surface area (Å²) in [4.78, 5) is 10.2. The van der Waals surface area contributed by atoms with Crippen LogP contribution < -0.4 is 5.43 Å². The normalized spacial score (nSPS) is 15.5. The fourth-order valence-electron chi connectivity index (χ4n) is 2.65. The molecule has 12 heteroatoms. The second-order valence-corrected chi connectivity index (χ2v) is 8.66. The third-order valence-electron chi connectivity index (χ3n) is 4.13. The average Bonchev–Trinajstić information content (AvgIpc) is 2.71. The van der Waals surface area contributed by atoms with E-state index in [1.54, 1.807) is 18.2 Å². The molecule has 0 atom stereocenters. The summed E-state index contributed by atoms with van der Waals surface area (Å²) in [5, 5.41) is 15.8. The van der Waals surface area contributed by atoms with E-state index in [-0.39, 0.29) is 42.6 Å². The van der Waals surface area contributed by atoms with Crippen LogP contribution in [0.4, 0.5) is 11.4 Å². The number of hydrazone groups is 1. The number of sulfonamides is 1. The van der Waals surface area contributed by atoms with E-state index in [2.05, 4.69) is 10.5 Å². The number of nitro groups is 1. The molecule has 9 nitrogen and oxygen atoms in total. The van der Waals surface area contributed by atoms with E-state index in [0.29, 0.717) is 15.6 Å². The first-order chi connectivity index (χ1) is 13.8. The molecule has 0 aliphatic carbocycles. The number of nitro benzene ring substituents is 1. The van der Waals surface area contributed by atoms with Crippen molar-refractivity contribution in [2.75, 3.05) is 31.7 Å². The first-order valence-corrected chi connectivity index (χ1v) is 10.6. The van der Waals surface area contributed by atoms with Gasteiger partial charge in [-0.3, -0.25) is 15.5 Å². The lowest BCUT2D eigenvalue weighted by atomic mass is 10.2. The number of benzene rings is 2. The average molecular weight is 459 g/mol. The highest BCUT2D eigenvalue weighted by atomic mass is 35.5. The Labute approximate surface area is 177 Å². The molecule has 1 heterocycles.